The van der Waals surface area contributed by atoms with Gasteiger partial charge in [-0.05, 0) is 48.9 Å². The van der Waals surface area contributed by atoms with Crippen molar-refractivity contribution in [2.24, 2.45) is 0 Å². The fraction of sp³-hybridized carbons (Fsp3) is 0.400. The first-order valence-corrected chi connectivity index (χ1v) is 11.6. The molecule has 8 N–H and O–H groups in total. The van der Waals surface area contributed by atoms with E-state index in [0.717, 1.165) is 9.79 Å². The van der Waals surface area contributed by atoms with E-state index in [1.54, 1.807) is 17.0 Å². The molecule has 2 rings (SSSR count). The van der Waals surface area contributed by atoms with Crippen LogP contribution in [0.5, 0.6) is 5.75 Å². The van der Waals surface area contributed by atoms with E-state index in [1.165, 1.54) is 35.7 Å². The van der Waals surface area contributed by atoms with Crippen molar-refractivity contribution in [3.05, 3.63) is 36.4 Å². The number of phenolic OH excluding ortho intramolecular Hbond substituents is 1. The van der Waals surface area contributed by atoms with Gasteiger partial charge in [0.2, 0.25) is 0 Å². The van der Waals surface area contributed by atoms with Crippen LogP contribution in [-0.2, 0) is 0 Å². The summed E-state index contributed by atoms with van der Waals surface area (Å²) < 4.78 is 0. The van der Waals surface area contributed by atoms with Crippen LogP contribution in [0.4, 0.5) is 17.1 Å². The number of hydrogen-bond acceptors (Lipinski definition) is 10. The Bertz CT molecular complexity index is 798. The number of aromatic hydroxyl groups is 1. The Balaban J connectivity index is 2.45. The Morgan fingerprint density at radius 1 is 0.867 bits per heavy atom. The number of thioether (sulfide) groups is 2. The summed E-state index contributed by atoms with van der Waals surface area (Å²) in [7, 11) is 0. The Morgan fingerprint density at radius 3 is 1.83 bits per heavy atom. The van der Waals surface area contributed by atoms with Crippen molar-refractivity contribution in [3.63, 3.8) is 0 Å². The molecule has 0 bridgehead atoms. The summed E-state index contributed by atoms with van der Waals surface area (Å²) in [4.78, 5) is 3.39. The monoisotopic (exact) mass is 456 g/mol. The van der Waals surface area contributed by atoms with Gasteiger partial charge >= 0.3 is 0 Å². The lowest BCUT2D eigenvalue weighted by Crippen LogP contribution is -2.49. The average Bonchev–Trinajstić information content (AvgIpc) is 2.76. The molecule has 30 heavy (non-hydrogen) atoms. The van der Waals surface area contributed by atoms with Crippen LogP contribution in [0.2, 0.25) is 0 Å². The molecular formula is C20H28N2O6S2. The highest BCUT2D eigenvalue weighted by molar-refractivity contribution is 7.99. The van der Waals surface area contributed by atoms with E-state index in [0.29, 0.717) is 17.1 Å². The molecule has 0 aromatic heterocycles. The van der Waals surface area contributed by atoms with Crippen LogP contribution in [-0.4, -0.2) is 80.7 Å². The molecule has 0 amide bonds. The van der Waals surface area contributed by atoms with Gasteiger partial charge in [-0.15, -0.1) is 23.5 Å². The Morgan fingerprint density at radius 2 is 1.37 bits per heavy atom. The quantitative estimate of drug-likeness (QED) is 0.204. The molecule has 166 valence electrons. The molecule has 0 aliphatic carbocycles. The molecule has 0 fully saturated rings. The summed E-state index contributed by atoms with van der Waals surface area (Å²) >= 11 is 2.95. The van der Waals surface area contributed by atoms with Crippen LogP contribution >= 0.6 is 23.5 Å². The molecule has 0 aliphatic heterocycles. The molecule has 0 saturated heterocycles. The molecule has 8 nitrogen and oxygen atoms in total. The number of nitrogens with two attached hydrogens (primary N) is 1. The average molecular weight is 457 g/mol. The number of phenols is 1. The van der Waals surface area contributed by atoms with Crippen molar-refractivity contribution < 1.29 is 30.6 Å². The predicted molar refractivity (Wildman–Crippen MR) is 121 cm³/mol. The minimum Gasteiger partial charge on any atom is -0.508 e. The third-order valence-corrected chi connectivity index (χ3v) is 6.25. The van der Waals surface area contributed by atoms with E-state index in [2.05, 4.69) is 0 Å². The third kappa shape index (κ3) is 5.73. The van der Waals surface area contributed by atoms with Gasteiger partial charge in [0, 0.05) is 21.2 Å². The number of rotatable bonds is 10. The maximum Gasteiger partial charge on any atom is 0.115 e. The first kappa shape index (κ1) is 24.6. The number of nitrogens with zero attached hydrogens (tertiary/aromatic N) is 1. The Kier molecular flexibility index (Phi) is 9.10. The van der Waals surface area contributed by atoms with Crippen LogP contribution < -0.4 is 10.6 Å². The molecule has 0 heterocycles. The number of hydrogen-bond donors (Lipinski definition) is 7. The van der Waals surface area contributed by atoms with Gasteiger partial charge in [-0.25, -0.2) is 0 Å². The predicted octanol–water partition coefficient (Wildman–Crippen LogP) is 0.992. The minimum atomic E-state index is -1.72. The summed E-state index contributed by atoms with van der Waals surface area (Å²) in [6.07, 6.45) is -2.66. The molecule has 0 aliphatic rings. The molecule has 4 unspecified atom stereocenters. The van der Waals surface area contributed by atoms with Gasteiger partial charge in [0.15, 0.2) is 0 Å². The van der Waals surface area contributed by atoms with Gasteiger partial charge < -0.3 is 41.3 Å². The maximum atomic E-state index is 10.6. The largest absolute Gasteiger partial charge is 0.508 e. The van der Waals surface area contributed by atoms with E-state index < -0.39 is 31.0 Å². The number of anilines is 3. The van der Waals surface area contributed by atoms with E-state index in [1.807, 2.05) is 24.6 Å². The van der Waals surface area contributed by atoms with Gasteiger partial charge in [-0.1, -0.05) is 0 Å². The molecule has 2 aromatic carbocycles. The number of aliphatic hydroxyl groups excluding tert-OH is 5. The van der Waals surface area contributed by atoms with Crippen molar-refractivity contribution in [2.75, 3.05) is 36.3 Å². The lowest BCUT2D eigenvalue weighted by atomic mass is 10.0. The normalized spacial score (nSPS) is 15.4. The van der Waals surface area contributed by atoms with Gasteiger partial charge in [0.1, 0.15) is 30.2 Å². The lowest BCUT2D eigenvalue weighted by Gasteiger charge is -2.32. The molecular weight excluding hydrogens is 428 g/mol. The molecule has 2 aromatic rings. The summed E-state index contributed by atoms with van der Waals surface area (Å²) in [5.74, 6) is 0.0766. The first-order valence-electron chi connectivity index (χ1n) is 9.14. The van der Waals surface area contributed by atoms with E-state index in [-0.39, 0.29) is 12.3 Å². The van der Waals surface area contributed by atoms with Crippen LogP contribution in [0, 0.1) is 0 Å². The fourth-order valence-electron chi connectivity index (χ4n) is 2.93. The minimum absolute atomic E-state index is 0.0766. The topological polar surface area (TPSA) is 151 Å². The van der Waals surface area contributed by atoms with Gasteiger partial charge in [-0.3, -0.25) is 0 Å². The van der Waals surface area contributed by atoms with Crippen molar-refractivity contribution in [2.45, 2.75) is 34.2 Å². The third-order valence-electron chi connectivity index (χ3n) is 4.70. The van der Waals surface area contributed by atoms with Crippen molar-refractivity contribution in [1.82, 2.24) is 0 Å². The zero-order chi connectivity index (χ0) is 22.4. The lowest BCUT2D eigenvalue weighted by molar-refractivity contribution is -0.112. The first-order chi connectivity index (χ1) is 14.2. The number of benzene rings is 2. The zero-order valence-electron chi connectivity index (χ0n) is 16.7. The van der Waals surface area contributed by atoms with Gasteiger partial charge in [0.05, 0.1) is 18.8 Å². The van der Waals surface area contributed by atoms with Crippen molar-refractivity contribution >= 4 is 40.6 Å². The summed E-state index contributed by atoms with van der Waals surface area (Å²) in [5.41, 5.74) is 8.16. The van der Waals surface area contributed by atoms with Crippen molar-refractivity contribution in [3.8, 4) is 5.75 Å². The van der Waals surface area contributed by atoms with Crippen LogP contribution in [0.15, 0.2) is 46.2 Å². The second-order valence-corrected chi connectivity index (χ2v) is 8.39. The molecule has 4 atom stereocenters. The van der Waals surface area contributed by atoms with Crippen LogP contribution in [0.3, 0.4) is 0 Å². The molecule has 0 saturated carbocycles. The molecule has 0 radical (unpaired) electrons. The van der Waals surface area contributed by atoms with Gasteiger partial charge in [0.25, 0.3) is 0 Å². The second-order valence-electron chi connectivity index (χ2n) is 6.69. The van der Waals surface area contributed by atoms with E-state index in [9.17, 15) is 25.5 Å². The van der Waals surface area contributed by atoms with Crippen molar-refractivity contribution in [1.29, 1.82) is 0 Å². The summed E-state index contributed by atoms with van der Waals surface area (Å²) in [5, 5.41) is 59.0. The van der Waals surface area contributed by atoms with E-state index >= 15 is 0 Å². The summed E-state index contributed by atoms with van der Waals surface area (Å²) in [6.45, 7) is -0.883. The van der Waals surface area contributed by atoms with Crippen LogP contribution in [0.25, 0.3) is 0 Å². The number of nitrogen functional groups attached to an aromatic ring is 1. The Hall–Kier alpha value is -1.66. The van der Waals surface area contributed by atoms with Gasteiger partial charge in [-0.2, -0.15) is 0 Å². The fourth-order valence-corrected chi connectivity index (χ4v) is 4.13. The zero-order valence-corrected chi connectivity index (χ0v) is 18.3. The molecule has 10 heteroatoms. The van der Waals surface area contributed by atoms with E-state index in [4.69, 9.17) is 10.8 Å². The molecule has 0 spiro atoms. The summed E-state index contributed by atoms with van der Waals surface area (Å²) in [6, 6.07) is 10.0. The highest BCUT2D eigenvalue weighted by Crippen LogP contribution is 2.38. The Labute approximate surface area is 184 Å². The highest BCUT2D eigenvalue weighted by atomic mass is 32.2. The maximum absolute atomic E-state index is 10.6. The standard InChI is InChI=1S/C20H28N2O6S2/c1-29-16-7-12(8-17(30-2)18(16)21)22(11-3-5-13(24)6-4-11)9-14(25)19(27)20(28)15(26)10-23/h3-8,14-15,19-20,23-28H,9-10,21H2,1-2H3. The highest BCUT2D eigenvalue weighted by Gasteiger charge is 2.31. The smallest absolute Gasteiger partial charge is 0.115 e. The number of aliphatic hydroxyl groups is 5. The SMILES string of the molecule is CSc1cc(N(CC(O)C(O)C(O)C(O)CO)c2ccc(O)cc2)cc(SC)c1N. The second kappa shape index (κ2) is 11.1. The van der Waals surface area contributed by atoms with Crippen LogP contribution in [0.1, 0.15) is 0 Å².